The highest BCUT2D eigenvalue weighted by atomic mass is 32.1. The van der Waals surface area contributed by atoms with E-state index in [1.54, 1.807) is 16.0 Å². The smallest absolute Gasteiger partial charge is 0.127 e. The molecule has 2 aromatic heterocycles. The minimum atomic E-state index is 0.445. The number of benzene rings is 1. The Hall–Kier alpha value is -1.98. The zero-order valence-electron chi connectivity index (χ0n) is 10.6. The van der Waals surface area contributed by atoms with Crippen LogP contribution >= 0.6 is 11.3 Å². The molecule has 0 aliphatic heterocycles. The number of nitrogens with two attached hydrogens (primary N) is 1. The van der Waals surface area contributed by atoms with E-state index < -0.39 is 0 Å². The average Bonchev–Trinajstić information content (AvgIpc) is 3.05. The molecule has 0 radical (unpaired) electrons. The molecule has 2 N–H and O–H groups in total. The summed E-state index contributed by atoms with van der Waals surface area (Å²) in [6.45, 7) is 0.445. The van der Waals surface area contributed by atoms with Crippen molar-refractivity contribution in [3.63, 3.8) is 0 Å². The van der Waals surface area contributed by atoms with E-state index in [2.05, 4.69) is 22.2 Å². The van der Waals surface area contributed by atoms with Gasteiger partial charge in [0.25, 0.3) is 0 Å². The van der Waals surface area contributed by atoms with E-state index in [9.17, 15) is 0 Å². The Balaban J connectivity index is 2.09. The number of hydrogen-bond donors (Lipinski definition) is 1. The van der Waals surface area contributed by atoms with Crippen LogP contribution in [0.5, 0.6) is 0 Å². The summed E-state index contributed by atoms with van der Waals surface area (Å²) >= 11 is 1.66. The van der Waals surface area contributed by atoms with Gasteiger partial charge in [0.1, 0.15) is 5.01 Å². The molecular formula is C14H14N4S. The van der Waals surface area contributed by atoms with Gasteiger partial charge in [-0.2, -0.15) is 5.10 Å². The monoisotopic (exact) mass is 270 g/mol. The van der Waals surface area contributed by atoms with Crippen molar-refractivity contribution in [2.45, 2.75) is 6.54 Å². The average molecular weight is 270 g/mol. The highest BCUT2D eigenvalue weighted by molar-refractivity contribution is 7.18. The van der Waals surface area contributed by atoms with Gasteiger partial charge in [0.15, 0.2) is 0 Å². The molecule has 5 heteroatoms. The van der Waals surface area contributed by atoms with Crippen molar-refractivity contribution < 1.29 is 0 Å². The molecule has 96 valence electrons. The van der Waals surface area contributed by atoms with E-state index in [1.807, 2.05) is 37.6 Å². The summed E-state index contributed by atoms with van der Waals surface area (Å²) in [5.74, 6) is 0. The van der Waals surface area contributed by atoms with Gasteiger partial charge in [-0.3, -0.25) is 4.68 Å². The van der Waals surface area contributed by atoms with Gasteiger partial charge in [0.05, 0.1) is 16.8 Å². The van der Waals surface area contributed by atoms with Gasteiger partial charge in [-0.15, -0.1) is 11.3 Å². The summed E-state index contributed by atoms with van der Waals surface area (Å²) in [7, 11) is 1.90. The third-order valence-corrected chi connectivity index (χ3v) is 4.07. The molecule has 2 heterocycles. The Morgan fingerprint density at radius 1 is 1.21 bits per heavy atom. The first kappa shape index (κ1) is 12.1. The minimum absolute atomic E-state index is 0.445. The Kier molecular flexibility index (Phi) is 3.15. The lowest BCUT2D eigenvalue weighted by Gasteiger charge is -1.98. The van der Waals surface area contributed by atoms with Gasteiger partial charge < -0.3 is 5.73 Å². The van der Waals surface area contributed by atoms with Gasteiger partial charge in [-0.1, -0.05) is 30.3 Å². The number of hydrogen-bond acceptors (Lipinski definition) is 4. The van der Waals surface area contributed by atoms with Crippen LogP contribution < -0.4 is 5.73 Å². The highest BCUT2D eigenvalue weighted by Crippen LogP contribution is 2.34. The van der Waals surface area contributed by atoms with Crippen LogP contribution in [-0.2, 0) is 13.6 Å². The van der Waals surface area contributed by atoms with Crippen LogP contribution in [0.1, 0.15) is 5.69 Å². The maximum absolute atomic E-state index is 5.81. The van der Waals surface area contributed by atoms with Crippen molar-refractivity contribution in [3.8, 4) is 21.0 Å². The largest absolute Gasteiger partial charge is 0.325 e. The van der Waals surface area contributed by atoms with Crippen molar-refractivity contribution in [2.75, 3.05) is 0 Å². The Bertz CT molecular complexity index is 685. The van der Waals surface area contributed by atoms with E-state index in [0.29, 0.717) is 6.54 Å². The van der Waals surface area contributed by atoms with Gasteiger partial charge in [-0.25, -0.2) is 4.98 Å². The molecule has 0 saturated carbocycles. The molecule has 0 amide bonds. The maximum atomic E-state index is 5.81. The van der Waals surface area contributed by atoms with Crippen molar-refractivity contribution in [2.24, 2.45) is 12.8 Å². The molecule has 0 aliphatic carbocycles. The van der Waals surface area contributed by atoms with Crippen LogP contribution in [0.3, 0.4) is 0 Å². The Morgan fingerprint density at radius 2 is 2.00 bits per heavy atom. The van der Waals surface area contributed by atoms with Gasteiger partial charge in [-0.05, 0) is 5.56 Å². The number of rotatable bonds is 3. The molecule has 0 atom stereocenters. The van der Waals surface area contributed by atoms with Crippen LogP contribution in [-0.4, -0.2) is 14.8 Å². The van der Waals surface area contributed by atoms with Crippen LogP contribution in [0.25, 0.3) is 21.0 Å². The standard InChI is InChI=1S/C14H14N4S/c1-18-9-11(8-16-18)14-17-12(7-15)13(19-14)10-5-3-2-4-6-10/h2-6,8-9H,7,15H2,1H3. The van der Waals surface area contributed by atoms with Crippen molar-refractivity contribution in [1.29, 1.82) is 0 Å². The molecule has 0 aliphatic rings. The first-order chi connectivity index (χ1) is 9.28. The lowest BCUT2D eigenvalue weighted by Crippen LogP contribution is -1.98. The third-order valence-electron chi connectivity index (χ3n) is 2.88. The zero-order valence-corrected chi connectivity index (χ0v) is 11.4. The first-order valence-corrected chi connectivity index (χ1v) is 6.84. The minimum Gasteiger partial charge on any atom is -0.325 e. The quantitative estimate of drug-likeness (QED) is 0.796. The molecule has 0 fully saturated rings. The predicted octanol–water partition coefficient (Wildman–Crippen LogP) is 2.67. The van der Waals surface area contributed by atoms with Crippen LogP contribution in [0.15, 0.2) is 42.7 Å². The van der Waals surface area contributed by atoms with Crippen molar-refractivity contribution >= 4 is 11.3 Å². The predicted molar refractivity (Wildman–Crippen MR) is 77.6 cm³/mol. The molecular weight excluding hydrogens is 256 g/mol. The Morgan fingerprint density at radius 3 is 2.63 bits per heavy atom. The summed E-state index contributed by atoms with van der Waals surface area (Å²) in [5, 5.41) is 5.15. The highest BCUT2D eigenvalue weighted by Gasteiger charge is 2.13. The maximum Gasteiger partial charge on any atom is 0.127 e. The zero-order chi connectivity index (χ0) is 13.2. The van der Waals surface area contributed by atoms with Gasteiger partial charge in [0.2, 0.25) is 0 Å². The first-order valence-electron chi connectivity index (χ1n) is 6.02. The van der Waals surface area contributed by atoms with Crippen LogP contribution in [0.4, 0.5) is 0 Å². The second-order valence-corrected chi connectivity index (χ2v) is 5.27. The molecule has 0 spiro atoms. The third kappa shape index (κ3) is 2.30. The fourth-order valence-corrected chi connectivity index (χ4v) is 3.03. The number of aromatic nitrogens is 3. The SMILES string of the molecule is Cn1cc(-c2nc(CN)c(-c3ccccc3)s2)cn1. The van der Waals surface area contributed by atoms with Crippen molar-refractivity contribution in [3.05, 3.63) is 48.4 Å². The van der Waals surface area contributed by atoms with Crippen molar-refractivity contribution in [1.82, 2.24) is 14.8 Å². The summed E-state index contributed by atoms with van der Waals surface area (Å²) in [5.41, 5.74) is 8.94. The second-order valence-electron chi connectivity index (χ2n) is 4.27. The molecule has 1 aromatic carbocycles. The second kappa shape index (κ2) is 4.95. The Labute approximate surface area is 115 Å². The summed E-state index contributed by atoms with van der Waals surface area (Å²) in [6.07, 6.45) is 3.79. The fourth-order valence-electron chi connectivity index (χ4n) is 1.96. The molecule has 0 saturated heterocycles. The molecule has 3 aromatic rings. The van der Waals surface area contributed by atoms with E-state index >= 15 is 0 Å². The molecule has 3 rings (SSSR count). The van der Waals surface area contributed by atoms with Gasteiger partial charge in [0, 0.05) is 25.4 Å². The number of nitrogens with zero attached hydrogens (tertiary/aromatic N) is 3. The summed E-state index contributed by atoms with van der Waals surface area (Å²) in [6, 6.07) is 10.2. The normalized spacial score (nSPS) is 10.8. The van der Waals surface area contributed by atoms with E-state index in [0.717, 1.165) is 26.7 Å². The molecule has 4 nitrogen and oxygen atoms in total. The van der Waals surface area contributed by atoms with Gasteiger partial charge >= 0.3 is 0 Å². The summed E-state index contributed by atoms with van der Waals surface area (Å²) in [4.78, 5) is 5.77. The number of aryl methyl sites for hydroxylation is 1. The summed E-state index contributed by atoms with van der Waals surface area (Å²) < 4.78 is 1.78. The molecule has 0 unspecified atom stereocenters. The van der Waals surface area contributed by atoms with E-state index in [4.69, 9.17) is 5.73 Å². The lowest BCUT2D eigenvalue weighted by molar-refractivity contribution is 0.768. The topological polar surface area (TPSA) is 56.7 Å². The van der Waals surface area contributed by atoms with Crippen LogP contribution in [0, 0.1) is 0 Å². The molecule has 19 heavy (non-hydrogen) atoms. The number of thiazole rings is 1. The van der Waals surface area contributed by atoms with E-state index in [1.165, 1.54) is 0 Å². The van der Waals surface area contributed by atoms with Crippen LogP contribution in [0.2, 0.25) is 0 Å². The lowest BCUT2D eigenvalue weighted by atomic mass is 10.1. The van der Waals surface area contributed by atoms with E-state index in [-0.39, 0.29) is 0 Å². The fraction of sp³-hybridized carbons (Fsp3) is 0.143. The molecule has 0 bridgehead atoms.